The summed E-state index contributed by atoms with van der Waals surface area (Å²) in [7, 11) is -3.74. The van der Waals surface area contributed by atoms with E-state index >= 15 is 0 Å². The molecule has 118 valence electrons. The minimum absolute atomic E-state index is 0.132. The number of furan rings is 1. The van der Waals surface area contributed by atoms with Gasteiger partial charge in [0.2, 0.25) is 0 Å². The first-order valence-corrected chi connectivity index (χ1v) is 18.4. The van der Waals surface area contributed by atoms with Gasteiger partial charge in [-0.25, -0.2) is 0 Å². The Morgan fingerprint density at radius 2 is 1.68 bits per heavy atom. The number of hydrogen-bond acceptors (Lipinski definition) is 4. The molecule has 0 unspecified atom stereocenters. The molecule has 5 nitrogen and oxygen atoms in total. The van der Waals surface area contributed by atoms with Gasteiger partial charge in [0, 0.05) is 0 Å². The van der Waals surface area contributed by atoms with Crippen LogP contribution < -0.4 is 3.78 Å². The monoisotopic (exact) mass is 428 g/mol. The normalized spacial score (nSPS) is 12.9. The third-order valence-corrected chi connectivity index (χ3v) is 9.30. The van der Waals surface area contributed by atoms with E-state index in [1.807, 2.05) is 19.1 Å². The first-order valence-electron chi connectivity index (χ1n) is 6.98. The Morgan fingerprint density at radius 1 is 1.05 bits per heavy atom. The fourth-order valence-electron chi connectivity index (χ4n) is 1.80. The van der Waals surface area contributed by atoms with Gasteiger partial charge in [-0.1, -0.05) is 0 Å². The number of sulfonamides is 1. The zero-order valence-corrected chi connectivity index (χ0v) is 16.9. The zero-order valence-electron chi connectivity index (χ0n) is 13.2. The van der Waals surface area contributed by atoms with Crippen molar-refractivity contribution in [2.75, 3.05) is 0 Å². The Morgan fingerprint density at radius 3 is 2.23 bits per heavy atom. The van der Waals surface area contributed by atoms with Gasteiger partial charge >= 0.3 is 136 Å². The first kappa shape index (κ1) is 17.2. The van der Waals surface area contributed by atoms with Crippen LogP contribution in [0.15, 0.2) is 55.3 Å². The molecule has 0 atom stereocenters. The third kappa shape index (κ3) is 4.42. The van der Waals surface area contributed by atoms with Gasteiger partial charge in [-0.2, -0.15) is 0 Å². The Balaban J connectivity index is 2.08. The molecule has 0 radical (unpaired) electrons. The van der Waals surface area contributed by atoms with Gasteiger partial charge in [-0.3, -0.25) is 0 Å². The minimum atomic E-state index is -3.74. The van der Waals surface area contributed by atoms with Crippen LogP contribution in [0.4, 0.5) is 0 Å². The van der Waals surface area contributed by atoms with Crippen molar-refractivity contribution >= 4 is 32.2 Å². The van der Waals surface area contributed by atoms with Crippen LogP contribution in [0, 0.1) is 6.92 Å². The van der Waals surface area contributed by atoms with Crippen molar-refractivity contribution < 1.29 is 12.8 Å². The molecule has 0 aliphatic carbocycles. The number of aryl methyl sites for hydroxylation is 1. The summed E-state index contributed by atoms with van der Waals surface area (Å²) < 4.78 is 34.3. The second-order valence-electron chi connectivity index (χ2n) is 6.19. The predicted octanol–water partition coefficient (Wildman–Crippen LogP) is 3.47. The van der Waals surface area contributed by atoms with E-state index in [1.54, 1.807) is 12.1 Å². The van der Waals surface area contributed by atoms with Crippen molar-refractivity contribution in [1.29, 1.82) is 0 Å². The number of nitrogens with zero attached hydrogens (tertiary/aromatic N) is 2. The fraction of sp³-hybridized carbons (Fsp3) is 0.333. The summed E-state index contributed by atoms with van der Waals surface area (Å²) in [6.45, 7) is 2.03. The predicted molar refractivity (Wildman–Crippen MR) is 88.6 cm³/mol. The zero-order chi connectivity index (χ0) is 16.4. The molecule has 0 fully saturated rings. The molecule has 2 aromatic rings. The molecule has 1 aromatic heterocycles. The molecule has 0 bridgehead atoms. The standard InChI is InChI=1S/C12H11N2O3S.3CH3.Sn/c1-10-4-6-12(7-5-10)18(15,16)14-13-9-11-3-2-8-17-11;;;;/h2-7H,9H2,1H3;3*1H3;. The van der Waals surface area contributed by atoms with E-state index in [1.165, 1.54) is 12.1 Å². The molecule has 1 aromatic carbocycles. The second-order valence-corrected chi connectivity index (χ2v) is 22.0. The van der Waals surface area contributed by atoms with Crippen LogP contribution >= 0.6 is 0 Å². The van der Waals surface area contributed by atoms with Crippen LogP contribution in [0.2, 0.25) is 14.8 Å². The summed E-state index contributed by atoms with van der Waals surface area (Å²) in [5.74, 6) is 0.643. The van der Waals surface area contributed by atoms with Gasteiger partial charge in [0.15, 0.2) is 0 Å². The average Bonchev–Trinajstić information content (AvgIpc) is 2.88. The molecule has 0 N–H and O–H groups in total. The van der Waals surface area contributed by atoms with E-state index in [0.29, 0.717) is 5.76 Å². The van der Waals surface area contributed by atoms with Gasteiger partial charge in [0.25, 0.3) is 0 Å². The number of hydrogen-bond donors (Lipinski definition) is 0. The van der Waals surface area contributed by atoms with Crippen molar-refractivity contribution in [3.05, 3.63) is 47.7 Å². The topological polar surface area (TPSA) is 72.0 Å². The molecule has 0 saturated carbocycles. The van der Waals surface area contributed by atoms with Gasteiger partial charge in [0.05, 0.1) is 0 Å². The van der Waals surface area contributed by atoms with E-state index in [0.717, 1.165) is 9.34 Å². The van der Waals surface area contributed by atoms with Crippen LogP contribution in [0.1, 0.15) is 11.3 Å². The van der Waals surface area contributed by atoms with E-state index in [-0.39, 0.29) is 11.4 Å². The molecule has 1 heterocycles. The molecule has 0 aliphatic rings. The van der Waals surface area contributed by atoms with Crippen molar-refractivity contribution in [2.45, 2.75) is 33.2 Å². The van der Waals surface area contributed by atoms with Crippen LogP contribution in [-0.2, 0) is 16.6 Å². The number of benzene rings is 1. The quantitative estimate of drug-likeness (QED) is 0.542. The Kier molecular flexibility index (Phi) is 5.11. The summed E-state index contributed by atoms with van der Waals surface area (Å²) >= 11 is -2.23. The molecule has 0 spiro atoms. The van der Waals surface area contributed by atoms with Crippen molar-refractivity contribution in [1.82, 2.24) is 0 Å². The van der Waals surface area contributed by atoms with E-state index in [4.69, 9.17) is 4.42 Å². The molecular formula is C15H20N2O3SSn. The summed E-state index contributed by atoms with van der Waals surface area (Å²) in [5.41, 5.74) is 0.993. The molecule has 7 heteroatoms. The van der Waals surface area contributed by atoms with E-state index in [2.05, 4.69) is 24.5 Å². The average molecular weight is 427 g/mol. The van der Waals surface area contributed by atoms with Gasteiger partial charge in [0.1, 0.15) is 0 Å². The molecule has 22 heavy (non-hydrogen) atoms. The van der Waals surface area contributed by atoms with E-state index in [9.17, 15) is 8.42 Å². The third-order valence-electron chi connectivity index (χ3n) is 3.11. The molecule has 0 amide bonds. The van der Waals surface area contributed by atoms with Crippen LogP contribution in [-0.4, -0.2) is 26.8 Å². The van der Waals surface area contributed by atoms with Crippen LogP contribution in [0.3, 0.4) is 0 Å². The molecule has 0 aliphatic heterocycles. The van der Waals surface area contributed by atoms with Gasteiger partial charge in [-0.05, 0) is 0 Å². The Bertz CT molecular complexity index is 772. The van der Waals surface area contributed by atoms with Crippen LogP contribution in [0.25, 0.3) is 0 Å². The second kappa shape index (κ2) is 6.54. The van der Waals surface area contributed by atoms with Crippen molar-refractivity contribution in [3.8, 4) is 0 Å². The number of rotatable bonds is 5. The molecule has 0 saturated heterocycles. The molecular weight excluding hydrogens is 407 g/mol. The van der Waals surface area contributed by atoms with Crippen molar-refractivity contribution in [3.63, 3.8) is 0 Å². The molecule has 2 rings (SSSR count). The summed E-state index contributed by atoms with van der Waals surface area (Å²) in [5, 5.41) is 3.77. The SMILES string of the molecule is Cc1ccc(S(=O)(=O)N=NCc2cc[c]([Sn]([CH3])([CH3])[CH3])o2)cc1. The van der Waals surface area contributed by atoms with E-state index < -0.39 is 28.4 Å². The maximum atomic E-state index is 12.0. The summed E-state index contributed by atoms with van der Waals surface area (Å²) in [4.78, 5) is 6.90. The summed E-state index contributed by atoms with van der Waals surface area (Å²) in [6.07, 6.45) is 0. The van der Waals surface area contributed by atoms with Gasteiger partial charge < -0.3 is 0 Å². The maximum absolute atomic E-state index is 12.0. The Labute approximate surface area is 135 Å². The summed E-state index contributed by atoms with van der Waals surface area (Å²) in [6, 6.07) is 10.3. The Hall–Kier alpha value is -1.15. The van der Waals surface area contributed by atoms with Crippen molar-refractivity contribution in [2.24, 2.45) is 9.63 Å². The fourth-order valence-corrected chi connectivity index (χ4v) is 5.49. The van der Waals surface area contributed by atoms with Gasteiger partial charge in [-0.15, -0.1) is 0 Å². The first-order chi connectivity index (χ1) is 10.2. The van der Waals surface area contributed by atoms with Crippen LogP contribution in [0.5, 0.6) is 0 Å².